The molecule has 0 amide bonds. The smallest absolute Gasteiger partial charge is 0.125 e. The van der Waals surface area contributed by atoms with Gasteiger partial charge < -0.3 is 9.64 Å². The minimum atomic E-state index is -0.255. The number of morpholine rings is 1. The van der Waals surface area contributed by atoms with Gasteiger partial charge in [0.15, 0.2) is 0 Å². The molecule has 0 unspecified atom stereocenters. The van der Waals surface area contributed by atoms with E-state index in [9.17, 15) is 4.39 Å². The monoisotopic (exact) mass is 288 g/mol. The van der Waals surface area contributed by atoms with Gasteiger partial charge in [-0.2, -0.15) is 0 Å². The van der Waals surface area contributed by atoms with Crippen molar-refractivity contribution in [3.63, 3.8) is 0 Å². The van der Waals surface area contributed by atoms with Crippen molar-refractivity contribution in [3.8, 4) is 0 Å². The van der Waals surface area contributed by atoms with E-state index in [1.165, 1.54) is 12.1 Å². The number of rotatable bonds is 1. The number of hydrogen-bond donors (Lipinski definition) is 0. The van der Waals surface area contributed by atoms with E-state index in [0.717, 1.165) is 24.2 Å². The number of fused-ring (bicyclic) bond motifs is 1. The van der Waals surface area contributed by atoms with Crippen LogP contribution in [0.5, 0.6) is 0 Å². The highest BCUT2D eigenvalue weighted by Gasteiger charge is 2.38. The number of anilines is 1. The Hall–Kier alpha value is -1.68. The van der Waals surface area contributed by atoms with Crippen molar-refractivity contribution in [2.45, 2.75) is 38.9 Å². The minimum absolute atomic E-state index is 0.225. The van der Waals surface area contributed by atoms with E-state index in [-0.39, 0.29) is 17.0 Å². The number of benzene rings is 1. The lowest BCUT2D eigenvalue weighted by Crippen LogP contribution is -2.57. The quantitative estimate of drug-likeness (QED) is 0.798. The Balaban J connectivity index is 2.07. The van der Waals surface area contributed by atoms with Crippen LogP contribution < -0.4 is 4.90 Å². The van der Waals surface area contributed by atoms with E-state index < -0.39 is 0 Å². The third kappa shape index (κ3) is 2.86. The molecule has 0 bridgehead atoms. The number of hydrogen-bond acceptors (Lipinski definition) is 3. The number of aromatic nitrogens is 1. The molecule has 112 valence electrons. The topological polar surface area (TPSA) is 25.4 Å². The van der Waals surface area contributed by atoms with Gasteiger partial charge in [0.05, 0.1) is 16.7 Å². The Morgan fingerprint density at radius 2 is 1.76 bits per heavy atom. The van der Waals surface area contributed by atoms with Crippen LogP contribution in [0.15, 0.2) is 30.5 Å². The first-order chi connectivity index (χ1) is 9.76. The molecule has 0 spiro atoms. The van der Waals surface area contributed by atoms with Crippen molar-refractivity contribution in [3.05, 3.63) is 36.3 Å². The standard InChI is InChI=1S/C17H21FN2O/c1-16(2)10-20(11-17(3,4)21-16)15-7-8-19-14-9-12(18)5-6-13(14)15/h5-9H,10-11H2,1-4H3. The van der Waals surface area contributed by atoms with Crippen LogP contribution in [0.25, 0.3) is 10.9 Å². The van der Waals surface area contributed by atoms with E-state index in [0.29, 0.717) is 5.52 Å². The number of halogens is 1. The largest absolute Gasteiger partial charge is 0.366 e. The summed E-state index contributed by atoms with van der Waals surface area (Å²) >= 11 is 0. The van der Waals surface area contributed by atoms with Gasteiger partial charge in [0.2, 0.25) is 0 Å². The molecule has 1 aromatic carbocycles. The van der Waals surface area contributed by atoms with Crippen LogP contribution in [0.2, 0.25) is 0 Å². The molecule has 0 N–H and O–H groups in total. The van der Waals surface area contributed by atoms with Crippen molar-refractivity contribution in [1.82, 2.24) is 4.98 Å². The van der Waals surface area contributed by atoms with Gasteiger partial charge in [-0.05, 0) is 45.9 Å². The fourth-order valence-corrected chi connectivity index (χ4v) is 3.34. The Morgan fingerprint density at radius 3 is 2.43 bits per heavy atom. The molecule has 0 radical (unpaired) electrons. The summed E-state index contributed by atoms with van der Waals surface area (Å²) in [6, 6.07) is 6.78. The maximum absolute atomic E-state index is 13.4. The highest BCUT2D eigenvalue weighted by molar-refractivity contribution is 5.91. The predicted molar refractivity (Wildman–Crippen MR) is 83.2 cm³/mol. The van der Waals surface area contributed by atoms with Crippen LogP contribution in [0.4, 0.5) is 10.1 Å². The third-order valence-corrected chi connectivity index (χ3v) is 3.72. The normalized spacial score (nSPS) is 20.7. The predicted octanol–water partition coefficient (Wildman–Crippen LogP) is 3.77. The summed E-state index contributed by atoms with van der Waals surface area (Å²) in [6.45, 7) is 10.0. The summed E-state index contributed by atoms with van der Waals surface area (Å²) in [5.74, 6) is -0.255. The SMILES string of the molecule is CC1(C)CN(c2ccnc3cc(F)ccc23)CC(C)(C)O1. The minimum Gasteiger partial charge on any atom is -0.366 e. The highest BCUT2D eigenvalue weighted by atomic mass is 19.1. The lowest BCUT2D eigenvalue weighted by Gasteiger charge is -2.48. The Labute approximate surface area is 124 Å². The molecular weight excluding hydrogens is 267 g/mol. The number of ether oxygens (including phenoxy) is 1. The summed E-state index contributed by atoms with van der Waals surface area (Å²) in [5.41, 5.74) is 1.33. The Kier molecular flexibility index (Phi) is 3.17. The number of nitrogens with zero attached hydrogens (tertiary/aromatic N) is 2. The van der Waals surface area contributed by atoms with Gasteiger partial charge in [-0.25, -0.2) is 4.39 Å². The van der Waals surface area contributed by atoms with E-state index in [2.05, 4.69) is 37.6 Å². The van der Waals surface area contributed by atoms with E-state index in [4.69, 9.17) is 4.74 Å². The van der Waals surface area contributed by atoms with Gasteiger partial charge in [-0.15, -0.1) is 0 Å². The zero-order valence-corrected chi connectivity index (χ0v) is 13.0. The molecule has 1 aromatic heterocycles. The lowest BCUT2D eigenvalue weighted by molar-refractivity contribution is -0.133. The van der Waals surface area contributed by atoms with Gasteiger partial charge in [0, 0.05) is 36.4 Å². The second-order valence-corrected chi connectivity index (χ2v) is 6.97. The zero-order valence-electron chi connectivity index (χ0n) is 13.0. The summed E-state index contributed by atoms with van der Waals surface area (Å²) < 4.78 is 19.5. The molecule has 0 atom stereocenters. The van der Waals surface area contributed by atoms with Gasteiger partial charge >= 0.3 is 0 Å². The molecule has 21 heavy (non-hydrogen) atoms. The average molecular weight is 288 g/mol. The van der Waals surface area contributed by atoms with Gasteiger partial charge in [0.1, 0.15) is 5.82 Å². The molecule has 0 aliphatic carbocycles. The first-order valence-electron chi connectivity index (χ1n) is 7.25. The molecule has 2 aromatic rings. The Morgan fingerprint density at radius 1 is 1.10 bits per heavy atom. The van der Waals surface area contributed by atoms with Gasteiger partial charge in [-0.1, -0.05) is 0 Å². The van der Waals surface area contributed by atoms with Crippen molar-refractivity contribution in [2.75, 3.05) is 18.0 Å². The van der Waals surface area contributed by atoms with Gasteiger partial charge in [-0.3, -0.25) is 4.98 Å². The maximum Gasteiger partial charge on any atom is 0.125 e. The van der Waals surface area contributed by atoms with Crippen LogP contribution in [-0.2, 0) is 4.74 Å². The summed E-state index contributed by atoms with van der Waals surface area (Å²) in [4.78, 5) is 6.58. The lowest BCUT2D eigenvalue weighted by atomic mass is 9.98. The molecule has 0 saturated carbocycles. The second kappa shape index (κ2) is 4.67. The number of pyridine rings is 1. The molecule has 1 saturated heterocycles. The molecule has 1 fully saturated rings. The Bertz CT molecular complexity index is 666. The van der Waals surface area contributed by atoms with Crippen LogP contribution >= 0.6 is 0 Å². The molecular formula is C17H21FN2O. The van der Waals surface area contributed by atoms with Crippen molar-refractivity contribution < 1.29 is 9.13 Å². The van der Waals surface area contributed by atoms with Crippen molar-refractivity contribution in [2.24, 2.45) is 0 Å². The third-order valence-electron chi connectivity index (χ3n) is 3.72. The summed E-state index contributed by atoms with van der Waals surface area (Å²) in [7, 11) is 0. The summed E-state index contributed by atoms with van der Waals surface area (Å²) in [6.07, 6.45) is 1.74. The van der Waals surface area contributed by atoms with E-state index in [1.54, 1.807) is 6.20 Å². The average Bonchev–Trinajstić information content (AvgIpc) is 2.33. The summed E-state index contributed by atoms with van der Waals surface area (Å²) in [5, 5.41) is 0.979. The fourth-order valence-electron chi connectivity index (χ4n) is 3.34. The molecule has 3 nitrogen and oxygen atoms in total. The first kappa shape index (κ1) is 14.3. The zero-order chi connectivity index (χ0) is 15.3. The fraction of sp³-hybridized carbons (Fsp3) is 0.471. The molecule has 2 heterocycles. The maximum atomic E-state index is 13.4. The molecule has 3 rings (SSSR count). The molecule has 4 heteroatoms. The van der Waals surface area contributed by atoms with Gasteiger partial charge in [0.25, 0.3) is 0 Å². The molecule has 1 aliphatic rings. The van der Waals surface area contributed by atoms with Crippen LogP contribution in [-0.4, -0.2) is 29.3 Å². The first-order valence-corrected chi connectivity index (χ1v) is 7.25. The van der Waals surface area contributed by atoms with Crippen LogP contribution in [0.1, 0.15) is 27.7 Å². The highest BCUT2D eigenvalue weighted by Crippen LogP contribution is 2.34. The van der Waals surface area contributed by atoms with E-state index in [1.807, 2.05) is 12.1 Å². The molecule has 1 aliphatic heterocycles. The second-order valence-electron chi connectivity index (χ2n) is 6.97. The van der Waals surface area contributed by atoms with Crippen molar-refractivity contribution in [1.29, 1.82) is 0 Å². The van der Waals surface area contributed by atoms with Crippen LogP contribution in [0.3, 0.4) is 0 Å². The van der Waals surface area contributed by atoms with Crippen molar-refractivity contribution >= 4 is 16.6 Å². The van der Waals surface area contributed by atoms with E-state index >= 15 is 0 Å². The van der Waals surface area contributed by atoms with Crippen LogP contribution in [0, 0.1) is 5.82 Å².